The number of alkyl halides is 1. The first-order valence-corrected chi connectivity index (χ1v) is 35.9. The van der Waals surface area contributed by atoms with E-state index in [4.69, 9.17) is 47.4 Å². The van der Waals surface area contributed by atoms with Crippen LogP contribution in [-0.4, -0.2) is 146 Å². The molecule has 17 aliphatic rings. The first kappa shape index (κ1) is 63.1. The number of nitrogens with one attached hydrogen (secondary N) is 1. The fraction of sp³-hybridized carbons (Fsp3) is 0.662. The third-order valence-corrected chi connectivity index (χ3v) is 27.1. The molecule has 91 heavy (non-hydrogen) atoms. The smallest absolute Gasteiger partial charge is 0.870 e. The van der Waals surface area contributed by atoms with E-state index in [9.17, 15) is 4.79 Å². The maximum Gasteiger partial charge on any atom is 1.00 e. The number of hydrogen-bond donors (Lipinski definition) is 1. The van der Waals surface area contributed by atoms with Gasteiger partial charge >= 0.3 is 57.5 Å². The summed E-state index contributed by atoms with van der Waals surface area (Å²) in [5, 5.41) is 5.01. The molecule has 1 amide bonds. The summed E-state index contributed by atoms with van der Waals surface area (Å²) in [7, 11) is 0. The van der Waals surface area contributed by atoms with E-state index in [1.54, 1.807) is 5.56 Å². The van der Waals surface area contributed by atoms with E-state index in [0.29, 0.717) is 81.8 Å². The Morgan fingerprint density at radius 3 is 1.46 bits per heavy atom. The molecule has 15 nitrogen and oxygen atoms in total. The van der Waals surface area contributed by atoms with Crippen LogP contribution in [0.1, 0.15) is 146 Å². The van der Waals surface area contributed by atoms with E-state index >= 15 is 0 Å². The number of piperidine rings is 3. The first-order chi connectivity index (χ1) is 43.5. The zero-order valence-electron chi connectivity index (χ0n) is 53.9. The molecule has 21 rings (SSSR count). The number of ether oxygens (including phenoxy) is 10. The fourth-order valence-corrected chi connectivity index (χ4v) is 22.7. The Bertz CT molecular complexity index is 3440. The van der Waals surface area contributed by atoms with Gasteiger partial charge < -0.3 is 63.1 Å². The quantitative estimate of drug-likeness (QED) is 0.153. The zero-order valence-corrected chi connectivity index (χ0v) is 58.6. The number of carbonyl (C=O) groups is 1. The maximum absolute atomic E-state index is 13.3. The number of likely N-dealkylation sites (tertiary alicyclic amines) is 2. The van der Waals surface area contributed by atoms with Crippen LogP contribution in [0.3, 0.4) is 0 Å². The van der Waals surface area contributed by atoms with E-state index < -0.39 is 17.4 Å². The van der Waals surface area contributed by atoms with E-state index in [2.05, 4.69) is 83.3 Å². The summed E-state index contributed by atoms with van der Waals surface area (Å²) in [6.07, 6.45) is 20.8. The average molecular weight is 1330 g/mol. The molecule has 6 saturated heterocycles. The first-order valence-electron chi connectivity index (χ1n) is 34.8. The number of aryl methyl sites for hydroxylation is 3. The summed E-state index contributed by atoms with van der Waals surface area (Å²) in [6, 6.07) is 24.3. The second-order valence-electron chi connectivity index (χ2n) is 30.0. The normalized spacial score (nSPS) is 36.1. The number of rotatable bonds is 4. The van der Waals surface area contributed by atoms with Gasteiger partial charge in [0.05, 0.1) is 39.6 Å². The molecule has 6 spiro atoms. The van der Waals surface area contributed by atoms with Crippen molar-refractivity contribution in [2.75, 3.05) is 71.2 Å². The number of benzene rings is 4. The number of fused-ring (bicyclic) bond motifs is 3. The molecular weight excluding hydrogens is 1240 g/mol. The minimum absolute atomic E-state index is 0. The van der Waals surface area contributed by atoms with E-state index in [1.165, 1.54) is 133 Å². The van der Waals surface area contributed by atoms with Gasteiger partial charge in [0.15, 0.2) is 18.3 Å². The van der Waals surface area contributed by atoms with Crippen LogP contribution in [0.4, 0.5) is 4.79 Å². The Morgan fingerprint density at radius 2 is 0.989 bits per heavy atom. The minimum atomic E-state index is -0.673. The summed E-state index contributed by atoms with van der Waals surface area (Å²) < 4.78 is 63.6. The maximum atomic E-state index is 13.3. The van der Waals surface area contributed by atoms with Gasteiger partial charge in [0.1, 0.15) is 23.0 Å². The summed E-state index contributed by atoms with van der Waals surface area (Å²) in [4.78, 5) is 18.1. The second-order valence-corrected chi connectivity index (χ2v) is 30.6. The van der Waals surface area contributed by atoms with Gasteiger partial charge in [-0.15, -0.1) is 0 Å². The predicted molar refractivity (Wildman–Crippen MR) is 339 cm³/mol. The average Bonchev–Trinajstić information content (AvgIpc) is 1.60. The Kier molecular flexibility index (Phi) is 16.5. The van der Waals surface area contributed by atoms with Gasteiger partial charge in [0, 0.05) is 88.7 Å². The van der Waals surface area contributed by atoms with Crippen molar-refractivity contribution in [1.29, 1.82) is 0 Å². The molecular formula is C74H91BrKN3O12. The summed E-state index contributed by atoms with van der Waals surface area (Å²) >= 11 is 3.43. The number of amides is 1. The summed E-state index contributed by atoms with van der Waals surface area (Å²) in [6.45, 7) is 14.8. The number of halogens is 1. The monoisotopic (exact) mass is 1330 g/mol. The van der Waals surface area contributed by atoms with Crippen molar-refractivity contribution in [3.8, 4) is 23.0 Å². The second kappa shape index (κ2) is 23.8. The Labute approximate surface area is 587 Å². The largest absolute Gasteiger partial charge is 1.00 e. The Morgan fingerprint density at radius 1 is 0.538 bits per heavy atom. The van der Waals surface area contributed by atoms with Crippen molar-refractivity contribution in [1.82, 2.24) is 15.1 Å². The van der Waals surface area contributed by atoms with Crippen LogP contribution in [0, 0.1) is 50.4 Å². The van der Waals surface area contributed by atoms with Crippen molar-refractivity contribution >= 4 is 22.0 Å². The fourth-order valence-electron chi connectivity index (χ4n) is 22.0. The van der Waals surface area contributed by atoms with Crippen molar-refractivity contribution in [3.05, 3.63) is 117 Å². The molecule has 4 aromatic rings. The Balaban J connectivity index is 0.000000104. The molecule has 5 saturated carbocycles. The third-order valence-electron chi connectivity index (χ3n) is 26.2. The van der Waals surface area contributed by atoms with Crippen LogP contribution >= 0.6 is 15.9 Å². The standard InChI is InChI=1S/C26H27NO5.C24H31NO3.C19H23NO3.C5H9Br.K.H2O/c1-16-7-8-17-15-20-19-9-10-26(29-13-14-30-26)23-25(19,21(17)22(16)32-23)11-12-27(20)24(28)31-18-5-3-2-4-6-18;1-15-5-6-17-13-19-18-7-8-24(26-11-12-27-24)22-23(18,20(17)21(15)28-22)9-10-25(19)14-16-3-2-4-16;1-11-2-3-12-10-14-13-4-5-19(21-8-9-22-19)17-18(13,6-7-20-14)15(12)16(11)23-17;6-4-5-2-1-3-5;;/h2-8,19-20,23H,9-15H2,1H3;5-6,16,18-19,22H,2-4,7-14H2,1H3;2-3,13-14,17,20H,4-10H2,1H3;5H,1-4H2;;1H2/q;;;;+1;/p-1/t19-,20?,23+,25-;18-,19?,22+,23-;13-,14?,17+,18-;;;/m111.../s1. The van der Waals surface area contributed by atoms with Crippen LogP contribution in [-0.2, 0) is 63.9 Å². The Hall–Kier alpha value is -2.69. The van der Waals surface area contributed by atoms with Crippen LogP contribution in [0.2, 0.25) is 0 Å². The molecule has 11 fully saturated rings. The molecule has 0 radical (unpaired) electrons. The van der Waals surface area contributed by atoms with Gasteiger partial charge in [-0.3, -0.25) is 4.90 Å². The van der Waals surface area contributed by atoms with Gasteiger partial charge in [-0.25, -0.2) is 4.79 Å². The van der Waals surface area contributed by atoms with Gasteiger partial charge in [-0.1, -0.05) is 83.4 Å². The summed E-state index contributed by atoms with van der Waals surface area (Å²) in [5.74, 6) is 5.82. The third kappa shape index (κ3) is 9.23. The van der Waals surface area contributed by atoms with Gasteiger partial charge in [0.2, 0.25) is 17.4 Å². The van der Waals surface area contributed by atoms with E-state index in [-0.39, 0.29) is 104 Å². The van der Waals surface area contributed by atoms with E-state index in [0.717, 1.165) is 81.2 Å². The zero-order chi connectivity index (χ0) is 59.7. The molecule has 2 N–H and O–H groups in total. The van der Waals surface area contributed by atoms with Crippen LogP contribution in [0.25, 0.3) is 0 Å². The van der Waals surface area contributed by atoms with E-state index in [1.807, 2.05) is 35.2 Å². The van der Waals surface area contributed by atoms with Crippen LogP contribution in [0.5, 0.6) is 23.0 Å². The molecule has 6 bridgehead atoms. The summed E-state index contributed by atoms with van der Waals surface area (Å²) in [5.41, 5.74) is 12.4. The predicted octanol–water partition coefficient (Wildman–Crippen LogP) is 8.63. The molecule has 9 aliphatic heterocycles. The van der Waals surface area contributed by atoms with Gasteiger partial charge in [-0.05, 0) is 192 Å². The van der Waals surface area contributed by atoms with Crippen molar-refractivity contribution in [2.45, 2.75) is 206 Å². The van der Waals surface area contributed by atoms with Crippen molar-refractivity contribution in [3.63, 3.8) is 0 Å². The minimum Gasteiger partial charge on any atom is -0.870 e. The number of carbonyl (C=O) groups excluding carboxylic acids is 1. The molecule has 482 valence electrons. The molecule has 4 aromatic carbocycles. The molecule has 9 heterocycles. The molecule has 17 heteroatoms. The van der Waals surface area contributed by atoms with Gasteiger partial charge in [0.25, 0.3) is 0 Å². The number of para-hydroxylation sites is 1. The van der Waals surface area contributed by atoms with Crippen molar-refractivity contribution < 1.29 is 109 Å². The topological polar surface area (TPSA) is 158 Å². The SMILES string of the molecule is BrCC1CCC1.Cc1ccc2c3c1O[C@@H]1C4(CC[C@@H]5C(C2)N(C(=O)Oc2ccccc2)CC[C@]351)OCCO4.Cc1ccc2c3c1O[C@@H]1C4(CC[C@@H]5C(C2)N(CC2CCC2)CC[C@]351)OCCO4.Cc1ccc2c3c1O[C@@H]1C4(CC[C@@H]5C(C2)NCC[C@]351)OCCO4.[K+].[OH-]. The molecule has 8 aliphatic carbocycles. The number of hydrogen-bond acceptors (Lipinski definition) is 14. The van der Waals surface area contributed by atoms with Gasteiger partial charge in [-0.2, -0.15) is 0 Å². The molecule has 0 aromatic heterocycles. The van der Waals surface area contributed by atoms with Crippen LogP contribution < -0.4 is 75.6 Å². The molecule has 12 atom stereocenters. The van der Waals surface area contributed by atoms with Crippen LogP contribution in [0.15, 0.2) is 66.7 Å². The molecule has 3 unspecified atom stereocenters. The number of nitrogens with zero attached hydrogens (tertiary/aromatic N) is 2. The van der Waals surface area contributed by atoms with Crippen molar-refractivity contribution in [2.24, 2.45) is 29.6 Å².